The molecule has 11 heavy (non-hydrogen) atoms. The van der Waals surface area contributed by atoms with E-state index < -0.39 is 5.97 Å². The predicted octanol–water partition coefficient (Wildman–Crippen LogP) is 2.36. The Labute approximate surface area is 67.2 Å². The van der Waals surface area contributed by atoms with E-state index in [0.29, 0.717) is 12.0 Å². The maximum absolute atomic E-state index is 10.4. The normalized spacial score (nSPS) is 8.82. The minimum absolute atomic E-state index is 0.304. The topological polar surface area (TPSA) is 37.3 Å². The molecule has 62 valence electrons. The van der Waals surface area contributed by atoms with Crippen LogP contribution in [0.1, 0.15) is 32.6 Å². The highest BCUT2D eigenvalue weighted by Gasteiger charge is 2.03. The molecule has 0 radical (unpaired) electrons. The number of aliphatic carboxylic acids is 1. The van der Waals surface area contributed by atoms with Gasteiger partial charge in [-0.2, -0.15) is 0 Å². The van der Waals surface area contributed by atoms with Gasteiger partial charge < -0.3 is 5.11 Å². The summed E-state index contributed by atoms with van der Waals surface area (Å²) in [4.78, 5) is 10.4. The molecule has 0 saturated carbocycles. The first-order valence-corrected chi connectivity index (χ1v) is 3.84. The fraction of sp³-hybridized carbons (Fsp3) is 0.556. The molecule has 2 heteroatoms. The zero-order valence-electron chi connectivity index (χ0n) is 6.89. The molecule has 0 spiro atoms. The number of carbonyl (C=O) groups is 1. The standard InChI is InChI=1S/C9H14O2/c1-3-5-6-7-8(4-2)9(10)11/h2-3,5-7H2,1H3,(H,10,11). The summed E-state index contributed by atoms with van der Waals surface area (Å²) >= 11 is 0. The number of hydrogen-bond donors (Lipinski definition) is 1. The quantitative estimate of drug-likeness (QED) is 0.375. The van der Waals surface area contributed by atoms with Crippen LogP contribution in [0.4, 0.5) is 0 Å². The molecule has 0 aromatic carbocycles. The lowest BCUT2D eigenvalue weighted by Crippen LogP contribution is -1.98. The number of carboxylic acid groups (broad SMARTS) is 1. The van der Waals surface area contributed by atoms with E-state index in [0.717, 1.165) is 19.3 Å². The first-order chi connectivity index (χ1) is 5.22. The fourth-order valence-corrected chi connectivity index (χ4v) is 0.823. The van der Waals surface area contributed by atoms with Gasteiger partial charge in [-0.15, -0.1) is 5.73 Å². The van der Waals surface area contributed by atoms with Gasteiger partial charge in [0.05, 0.1) is 5.57 Å². The largest absolute Gasteiger partial charge is 0.477 e. The molecule has 0 fully saturated rings. The molecule has 0 bridgehead atoms. The molecule has 0 aliphatic heterocycles. The molecule has 0 atom stereocenters. The average Bonchev–Trinajstić information content (AvgIpc) is 1.97. The second kappa shape index (κ2) is 5.75. The van der Waals surface area contributed by atoms with Crippen LogP contribution < -0.4 is 0 Å². The van der Waals surface area contributed by atoms with E-state index in [1.54, 1.807) is 0 Å². The molecule has 0 aromatic heterocycles. The number of rotatable bonds is 5. The number of carboxylic acids is 1. The van der Waals surface area contributed by atoms with Gasteiger partial charge >= 0.3 is 5.97 Å². The lowest BCUT2D eigenvalue weighted by atomic mass is 10.1. The van der Waals surface area contributed by atoms with Gasteiger partial charge in [-0.05, 0) is 12.8 Å². The summed E-state index contributed by atoms with van der Waals surface area (Å²) in [6.45, 7) is 5.40. The first kappa shape index (κ1) is 9.99. The highest BCUT2D eigenvalue weighted by atomic mass is 16.4. The van der Waals surface area contributed by atoms with E-state index in [1.807, 2.05) is 0 Å². The minimum atomic E-state index is -0.892. The summed E-state index contributed by atoms with van der Waals surface area (Å²) in [7, 11) is 0. The van der Waals surface area contributed by atoms with E-state index in [4.69, 9.17) is 5.11 Å². The highest BCUT2D eigenvalue weighted by molar-refractivity contribution is 5.86. The van der Waals surface area contributed by atoms with Crippen LogP contribution >= 0.6 is 0 Å². The van der Waals surface area contributed by atoms with Crippen molar-refractivity contribution in [2.75, 3.05) is 0 Å². The van der Waals surface area contributed by atoms with Crippen molar-refractivity contribution < 1.29 is 9.90 Å². The summed E-state index contributed by atoms with van der Waals surface area (Å²) < 4.78 is 0. The Balaban J connectivity index is 3.73. The van der Waals surface area contributed by atoms with Crippen molar-refractivity contribution in [2.24, 2.45) is 0 Å². The molecule has 1 N–H and O–H groups in total. The summed E-state index contributed by atoms with van der Waals surface area (Å²) in [5.41, 5.74) is 2.73. The summed E-state index contributed by atoms with van der Waals surface area (Å²) in [6, 6.07) is 0. The van der Waals surface area contributed by atoms with Gasteiger partial charge in [-0.1, -0.05) is 26.3 Å². The molecular weight excluding hydrogens is 140 g/mol. The molecular formula is C9H14O2. The van der Waals surface area contributed by atoms with Crippen LogP contribution in [0.2, 0.25) is 0 Å². The van der Waals surface area contributed by atoms with Crippen LogP contribution in [0.3, 0.4) is 0 Å². The Hall–Kier alpha value is -1.01. The van der Waals surface area contributed by atoms with E-state index >= 15 is 0 Å². The molecule has 0 saturated heterocycles. The van der Waals surface area contributed by atoms with Crippen LogP contribution in [0.15, 0.2) is 17.9 Å². The first-order valence-electron chi connectivity index (χ1n) is 3.84. The average molecular weight is 154 g/mol. The van der Waals surface area contributed by atoms with Crippen molar-refractivity contribution in [2.45, 2.75) is 32.6 Å². The number of unbranched alkanes of at least 4 members (excludes halogenated alkanes) is 2. The van der Waals surface area contributed by atoms with Gasteiger partial charge in [0.1, 0.15) is 0 Å². The van der Waals surface area contributed by atoms with Gasteiger partial charge in [-0.3, -0.25) is 0 Å². The Kier molecular flexibility index (Phi) is 5.22. The molecule has 2 nitrogen and oxygen atoms in total. The number of hydrogen-bond acceptors (Lipinski definition) is 1. The Morgan fingerprint density at radius 1 is 1.55 bits per heavy atom. The lowest BCUT2D eigenvalue weighted by molar-refractivity contribution is -0.132. The molecule has 0 heterocycles. The molecule has 0 aromatic rings. The Morgan fingerprint density at radius 2 is 2.18 bits per heavy atom. The van der Waals surface area contributed by atoms with Gasteiger partial charge in [0.2, 0.25) is 0 Å². The van der Waals surface area contributed by atoms with Crippen LogP contribution in [0.5, 0.6) is 0 Å². The second-order valence-corrected chi connectivity index (χ2v) is 2.42. The zero-order valence-corrected chi connectivity index (χ0v) is 6.89. The van der Waals surface area contributed by atoms with Crippen LogP contribution in [-0.4, -0.2) is 11.1 Å². The van der Waals surface area contributed by atoms with Gasteiger partial charge in [0.25, 0.3) is 0 Å². The maximum Gasteiger partial charge on any atom is 0.339 e. The SMILES string of the molecule is C=C=C(CCCCC)C(=O)O. The summed E-state index contributed by atoms with van der Waals surface area (Å²) in [5, 5.41) is 8.53. The van der Waals surface area contributed by atoms with Crippen molar-refractivity contribution in [3.63, 3.8) is 0 Å². The third-order valence-corrected chi connectivity index (χ3v) is 1.50. The molecule has 0 unspecified atom stereocenters. The van der Waals surface area contributed by atoms with Crippen molar-refractivity contribution in [1.82, 2.24) is 0 Å². The lowest BCUT2D eigenvalue weighted by Gasteiger charge is -1.96. The molecule has 0 amide bonds. The van der Waals surface area contributed by atoms with E-state index in [1.165, 1.54) is 0 Å². The molecule has 0 rings (SSSR count). The molecule has 0 aliphatic rings. The summed E-state index contributed by atoms with van der Waals surface area (Å²) in [5.74, 6) is -0.892. The third-order valence-electron chi connectivity index (χ3n) is 1.50. The Morgan fingerprint density at radius 3 is 2.55 bits per heavy atom. The van der Waals surface area contributed by atoms with Gasteiger partial charge in [0, 0.05) is 0 Å². The molecule has 0 aliphatic carbocycles. The van der Waals surface area contributed by atoms with E-state index in [2.05, 4.69) is 19.2 Å². The van der Waals surface area contributed by atoms with Crippen LogP contribution in [0, 0.1) is 0 Å². The second-order valence-electron chi connectivity index (χ2n) is 2.42. The monoisotopic (exact) mass is 154 g/mol. The fourth-order valence-electron chi connectivity index (χ4n) is 0.823. The predicted molar refractivity (Wildman–Crippen MR) is 44.4 cm³/mol. The van der Waals surface area contributed by atoms with Gasteiger partial charge in [0.15, 0.2) is 0 Å². The highest BCUT2D eigenvalue weighted by Crippen LogP contribution is 2.07. The van der Waals surface area contributed by atoms with E-state index in [-0.39, 0.29) is 0 Å². The Bertz CT molecular complexity index is 176. The van der Waals surface area contributed by atoms with Crippen molar-refractivity contribution in [3.8, 4) is 0 Å². The van der Waals surface area contributed by atoms with Crippen LogP contribution in [0.25, 0.3) is 0 Å². The van der Waals surface area contributed by atoms with E-state index in [9.17, 15) is 4.79 Å². The van der Waals surface area contributed by atoms with Gasteiger partial charge in [-0.25, -0.2) is 4.79 Å². The van der Waals surface area contributed by atoms with Crippen LogP contribution in [-0.2, 0) is 4.79 Å². The smallest absolute Gasteiger partial charge is 0.339 e. The summed E-state index contributed by atoms with van der Waals surface area (Å²) in [6.07, 6.45) is 3.68. The van der Waals surface area contributed by atoms with Crippen molar-refractivity contribution >= 4 is 5.97 Å². The third kappa shape index (κ3) is 4.40. The van der Waals surface area contributed by atoms with Crippen molar-refractivity contribution in [1.29, 1.82) is 0 Å². The minimum Gasteiger partial charge on any atom is -0.477 e. The van der Waals surface area contributed by atoms with Crippen molar-refractivity contribution in [3.05, 3.63) is 17.9 Å². The zero-order chi connectivity index (χ0) is 8.69. The maximum atomic E-state index is 10.4.